The number of nitriles is 1. The number of sulfonamides is 1. The predicted molar refractivity (Wildman–Crippen MR) is 102 cm³/mol. The molecule has 0 bridgehead atoms. The van der Waals surface area contributed by atoms with E-state index in [1.54, 1.807) is 24.7 Å². The van der Waals surface area contributed by atoms with Crippen LogP contribution in [0.2, 0.25) is 0 Å². The molecule has 2 N–H and O–H groups in total. The van der Waals surface area contributed by atoms with Crippen molar-refractivity contribution in [2.75, 3.05) is 17.2 Å². The number of rotatable bonds is 4. The largest absolute Gasteiger partial charge is 0.365 e. The van der Waals surface area contributed by atoms with Crippen molar-refractivity contribution in [3.05, 3.63) is 24.7 Å². The molecule has 4 heterocycles. The smallest absolute Gasteiger partial charge is 0.225 e. The van der Waals surface area contributed by atoms with Gasteiger partial charge in [-0.25, -0.2) is 23.1 Å². The van der Waals surface area contributed by atoms with Crippen molar-refractivity contribution in [2.24, 2.45) is 0 Å². The number of H-pyrrole nitrogens is 1. The monoisotopic (exact) mass is 385 g/mol. The highest BCUT2D eigenvalue weighted by atomic mass is 32.2. The molecular weight excluding hydrogens is 366 g/mol. The van der Waals surface area contributed by atoms with Gasteiger partial charge in [0.05, 0.1) is 29.7 Å². The molecule has 2 unspecified atom stereocenters. The Kier molecular flexibility index (Phi) is 4.41. The number of nitrogens with zero attached hydrogens (tertiary/aromatic N) is 5. The lowest BCUT2D eigenvalue weighted by Crippen LogP contribution is -2.51. The molecule has 0 saturated carbocycles. The Morgan fingerprint density at radius 1 is 1.37 bits per heavy atom. The number of anilines is 1. The predicted octanol–water partition coefficient (Wildman–Crippen LogP) is 1.31. The van der Waals surface area contributed by atoms with Crippen molar-refractivity contribution in [1.82, 2.24) is 24.9 Å². The zero-order chi connectivity index (χ0) is 19.0. The van der Waals surface area contributed by atoms with Gasteiger partial charge in [-0.05, 0) is 25.8 Å². The molecule has 0 aromatic carbocycles. The first-order valence-corrected chi connectivity index (χ1v) is 10.3. The van der Waals surface area contributed by atoms with Crippen LogP contribution in [-0.2, 0) is 10.0 Å². The number of aromatic amines is 1. The van der Waals surface area contributed by atoms with E-state index in [0.717, 1.165) is 34.8 Å². The van der Waals surface area contributed by atoms with Gasteiger partial charge in [0.15, 0.2) is 11.4 Å². The van der Waals surface area contributed by atoms with Gasteiger partial charge >= 0.3 is 0 Å². The first-order valence-electron chi connectivity index (χ1n) is 8.69. The number of pyridine rings is 1. The molecule has 140 valence electrons. The van der Waals surface area contributed by atoms with E-state index >= 15 is 0 Å². The molecule has 3 aromatic rings. The molecule has 9 nitrogen and oxygen atoms in total. The van der Waals surface area contributed by atoms with Gasteiger partial charge in [0, 0.05) is 35.6 Å². The lowest BCUT2D eigenvalue weighted by Gasteiger charge is -2.40. The summed E-state index contributed by atoms with van der Waals surface area (Å²) in [7, 11) is -3.60. The van der Waals surface area contributed by atoms with Crippen LogP contribution in [0.25, 0.3) is 21.9 Å². The number of fused-ring (bicyclic) bond motifs is 3. The second-order valence-corrected chi connectivity index (χ2v) is 8.55. The van der Waals surface area contributed by atoms with E-state index in [2.05, 4.69) is 36.7 Å². The van der Waals surface area contributed by atoms with Crippen molar-refractivity contribution in [1.29, 1.82) is 5.26 Å². The minimum absolute atomic E-state index is 0.222. The molecule has 3 aromatic heterocycles. The van der Waals surface area contributed by atoms with Crippen LogP contribution in [0.4, 0.5) is 5.69 Å². The van der Waals surface area contributed by atoms with Crippen molar-refractivity contribution < 1.29 is 8.42 Å². The Bertz CT molecular complexity index is 1140. The molecule has 2 atom stereocenters. The van der Waals surface area contributed by atoms with Crippen molar-refractivity contribution in [3.63, 3.8) is 0 Å². The molecule has 1 aliphatic rings. The zero-order valence-electron chi connectivity index (χ0n) is 14.8. The number of nitrogens with one attached hydrogen (secondary N) is 2. The standard InChI is InChI=1S/C17H19N7O2S/c1-11-2-3-12(23-27(25,26)7-5-18)10-24(11)15-9-21-22-14-8-20-17-13(16(14)15)4-6-19-17/h4,6,8-9,11-12,22-23H,2-3,7,10H2,1H3. The fraction of sp³-hybridized carbons (Fsp3) is 0.412. The van der Waals surface area contributed by atoms with E-state index < -0.39 is 15.8 Å². The average Bonchev–Trinajstić information content (AvgIpc) is 3.11. The Morgan fingerprint density at radius 2 is 2.22 bits per heavy atom. The minimum atomic E-state index is -3.60. The van der Waals surface area contributed by atoms with Gasteiger partial charge in [-0.15, -0.1) is 0 Å². The highest BCUT2D eigenvalue weighted by Gasteiger charge is 2.30. The van der Waals surface area contributed by atoms with Gasteiger partial charge < -0.3 is 4.90 Å². The second kappa shape index (κ2) is 6.75. The molecule has 27 heavy (non-hydrogen) atoms. The summed E-state index contributed by atoms with van der Waals surface area (Å²) in [5.74, 6) is -0.532. The third kappa shape index (κ3) is 3.31. The highest BCUT2D eigenvalue weighted by molar-refractivity contribution is 7.89. The van der Waals surface area contributed by atoms with E-state index in [9.17, 15) is 8.42 Å². The van der Waals surface area contributed by atoms with Crippen LogP contribution in [0.5, 0.6) is 0 Å². The SMILES string of the molecule is CC1CCC(NS(=O)(=O)CC#N)CN1c1cn[nH]c2cnc3nccc3c12. The lowest BCUT2D eigenvalue weighted by atomic mass is 9.98. The lowest BCUT2D eigenvalue weighted by molar-refractivity contribution is 0.413. The van der Waals surface area contributed by atoms with Gasteiger partial charge in [-0.3, -0.25) is 5.10 Å². The van der Waals surface area contributed by atoms with E-state index in [1.807, 2.05) is 6.07 Å². The Labute approximate surface area is 156 Å². The third-order valence-corrected chi connectivity index (χ3v) is 6.16. The average molecular weight is 385 g/mol. The first kappa shape index (κ1) is 17.6. The molecule has 1 aliphatic heterocycles. The van der Waals surface area contributed by atoms with Crippen LogP contribution in [0.15, 0.2) is 24.7 Å². The number of aromatic nitrogens is 4. The summed E-state index contributed by atoms with van der Waals surface area (Å²) in [5.41, 5.74) is 2.38. The maximum atomic E-state index is 12.0. The van der Waals surface area contributed by atoms with Gasteiger partial charge in [0.2, 0.25) is 10.0 Å². The van der Waals surface area contributed by atoms with Crippen LogP contribution in [0.1, 0.15) is 19.8 Å². The number of hydrogen-bond donors (Lipinski definition) is 2. The maximum absolute atomic E-state index is 12.0. The summed E-state index contributed by atoms with van der Waals surface area (Å²) in [6, 6.07) is 3.59. The summed E-state index contributed by atoms with van der Waals surface area (Å²) < 4.78 is 26.6. The van der Waals surface area contributed by atoms with Crippen molar-refractivity contribution in [3.8, 4) is 6.07 Å². The molecule has 1 saturated heterocycles. The molecule has 10 heteroatoms. The Hall–Kier alpha value is -2.77. The first-order chi connectivity index (χ1) is 13.0. The summed E-state index contributed by atoms with van der Waals surface area (Å²) in [5, 5.41) is 17.8. The Morgan fingerprint density at radius 3 is 3.04 bits per heavy atom. The fourth-order valence-electron chi connectivity index (χ4n) is 3.69. The van der Waals surface area contributed by atoms with E-state index in [-0.39, 0.29) is 12.1 Å². The summed E-state index contributed by atoms with van der Waals surface area (Å²) in [6.07, 6.45) is 6.75. The molecule has 4 rings (SSSR count). The second-order valence-electron chi connectivity index (χ2n) is 6.79. The van der Waals surface area contributed by atoms with Gasteiger partial charge in [0.1, 0.15) is 0 Å². The van der Waals surface area contributed by atoms with Crippen LogP contribution >= 0.6 is 0 Å². The summed E-state index contributed by atoms with van der Waals surface area (Å²) in [6.45, 7) is 2.62. The summed E-state index contributed by atoms with van der Waals surface area (Å²) in [4.78, 5) is 10.8. The molecule has 0 amide bonds. The number of piperidine rings is 1. The van der Waals surface area contributed by atoms with Gasteiger partial charge in [0.25, 0.3) is 0 Å². The van der Waals surface area contributed by atoms with Crippen LogP contribution in [0.3, 0.4) is 0 Å². The molecule has 0 aliphatic carbocycles. The zero-order valence-corrected chi connectivity index (χ0v) is 15.6. The molecule has 0 spiro atoms. The summed E-state index contributed by atoms with van der Waals surface area (Å²) >= 11 is 0. The fourth-order valence-corrected chi connectivity index (χ4v) is 4.64. The highest BCUT2D eigenvalue weighted by Crippen LogP contribution is 2.33. The van der Waals surface area contributed by atoms with Crippen molar-refractivity contribution >= 4 is 37.6 Å². The minimum Gasteiger partial charge on any atom is -0.365 e. The topological polar surface area (TPSA) is 128 Å². The molecule has 1 fully saturated rings. The quantitative estimate of drug-likeness (QED) is 0.693. The van der Waals surface area contributed by atoms with E-state index in [1.165, 1.54) is 0 Å². The van der Waals surface area contributed by atoms with Gasteiger partial charge in [-0.1, -0.05) is 0 Å². The maximum Gasteiger partial charge on any atom is 0.225 e. The Balaban J connectivity index is 1.73. The van der Waals surface area contributed by atoms with E-state index in [4.69, 9.17) is 5.26 Å². The van der Waals surface area contributed by atoms with E-state index in [0.29, 0.717) is 12.2 Å². The molecular formula is C17H19N7O2S. The van der Waals surface area contributed by atoms with Crippen LogP contribution < -0.4 is 9.62 Å². The number of hydrogen-bond acceptors (Lipinski definition) is 7. The van der Waals surface area contributed by atoms with Crippen LogP contribution in [-0.4, -0.2) is 53.0 Å². The van der Waals surface area contributed by atoms with Gasteiger partial charge in [-0.2, -0.15) is 10.4 Å². The molecule has 0 radical (unpaired) electrons. The van der Waals surface area contributed by atoms with Crippen molar-refractivity contribution in [2.45, 2.75) is 31.8 Å². The van der Waals surface area contributed by atoms with Crippen LogP contribution in [0, 0.1) is 11.3 Å². The third-order valence-electron chi connectivity index (χ3n) is 4.95. The normalized spacial score (nSPS) is 20.8.